The van der Waals surface area contributed by atoms with Crippen molar-refractivity contribution in [3.8, 4) is 0 Å². The lowest BCUT2D eigenvalue weighted by atomic mass is 9.99. The van der Waals surface area contributed by atoms with Gasteiger partial charge in [0, 0.05) is 7.05 Å². The second kappa shape index (κ2) is 12.2. The molecule has 0 aromatic carbocycles. The molecule has 0 saturated carbocycles. The van der Waals surface area contributed by atoms with Gasteiger partial charge in [-0.15, -0.1) is 0 Å². The van der Waals surface area contributed by atoms with Gasteiger partial charge in [-0.3, -0.25) is 4.90 Å². The van der Waals surface area contributed by atoms with E-state index >= 15 is 0 Å². The highest BCUT2D eigenvalue weighted by Gasteiger charge is 2.25. The van der Waals surface area contributed by atoms with E-state index in [1.165, 1.54) is 37.0 Å². The lowest BCUT2D eigenvalue weighted by Gasteiger charge is -2.25. The average Bonchev–Trinajstić information content (AvgIpc) is 2.52. The first-order valence-electron chi connectivity index (χ1n) is 9.25. The molecule has 1 atom stereocenters. The summed E-state index contributed by atoms with van der Waals surface area (Å²) in [7, 11) is 1.56. The Labute approximate surface area is 148 Å². The van der Waals surface area contributed by atoms with Gasteiger partial charge in [-0.25, -0.2) is 9.59 Å². The summed E-state index contributed by atoms with van der Waals surface area (Å²) < 4.78 is 10.5. The smallest absolute Gasteiger partial charge is 0.410 e. The van der Waals surface area contributed by atoms with Crippen LogP contribution in [0.1, 0.15) is 79.6 Å². The van der Waals surface area contributed by atoms with Gasteiger partial charge in [0.25, 0.3) is 0 Å². The highest BCUT2D eigenvalue weighted by atomic mass is 16.6. The molecule has 0 rings (SSSR count). The van der Waals surface area contributed by atoms with E-state index in [2.05, 4.69) is 6.92 Å². The zero-order valence-electron chi connectivity index (χ0n) is 16.5. The number of carbonyl (C=O) groups is 2. The number of rotatable bonds is 11. The van der Waals surface area contributed by atoms with Gasteiger partial charge >= 0.3 is 12.1 Å². The number of hydrogen-bond donors (Lipinski definition) is 0. The van der Waals surface area contributed by atoms with Gasteiger partial charge in [0.15, 0.2) is 0 Å². The van der Waals surface area contributed by atoms with Crippen molar-refractivity contribution in [3.05, 3.63) is 0 Å². The van der Waals surface area contributed by atoms with Gasteiger partial charge in [0.2, 0.25) is 0 Å². The van der Waals surface area contributed by atoms with Crippen molar-refractivity contribution in [2.75, 3.05) is 20.3 Å². The minimum Gasteiger partial charge on any atom is -0.464 e. The maximum atomic E-state index is 12.0. The molecule has 5 nitrogen and oxygen atoms in total. The van der Waals surface area contributed by atoms with Crippen molar-refractivity contribution in [1.29, 1.82) is 0 Å². The molecule has 0 aliphatic carbocycles. The SMILES string of the molecule is CCCCCCCCCOC(=O)C(C)N(C)C(=O)OCC(C)(C)C. The molecule has 0 bridgehead atoms. The fraction of sp³-hybridized carbons (Fsp3) is 0.895. The Bertz CT molecular complexity index is 363. The summed E-state index contributed by atoms with van der Waals surface area (Å²) in [6.45, 7) is 10.6. The highest BCUT2D eigenvalue weighted by molar-refractivity contribution is 5.80. The molecular formula is C19H37NO4. The van der Waals surface area contributed by atoms with Crippen molar-refractivity contribution < 1.29 is 19.1 Å². The zero-order valence-corrected chi connectivity index (χ0v) is 16.5. The minimum atomic E-state index is -0.637. The first kappa shape index (κ1) is 22.7. The van der Waals surface area contributed by atoms with Crippen molar-refractivity contribution >= 4 is 12.1 Å². The first-order chi connectivity index (χ1) is 11.2. The molecule has 1 amide bonds. The number of amides is 1. The van der Waals surface area contributed by atoms with Crippen LogP contribution < -0.4 is 0 Å². The maximum absolute atomic E-state index is 12.0. The third-order valence-corrected chi connectivity index (χ3v) is 3.83. The Morgan fingerprint density at radius 3 is 2.04 bits per heavy atom. The molecule has 0 spiro atoms. The minimum absolute atomic E-state index is 0.0998. The molecular weight excluding hydrogens is 306 g/mol. The largest absolute Gasteiger partial charge is 0.464 e. The Morgan fingerprint density at radius 1 is 0.958 bits per heavy atom. The second-order valence-electron chi connectivity index (χ2n) is 7.69. The number of hydrogen-bond acceptors (Lipinski definition) is 4. The van der Waals surface area contributed by atoms with Crippen LogP contribution in [0.25, 0.3) is 0 Å². The van der Waals surface area contributed by atoms with E-state index < -0.39 is 12.1 Å². The summed E-state index contributed by atoms with van der Waals surface area (Å²) in [6, 6.07) is -0.637. The molecule has 1 unspecified atom stereocenters. The molecule has 0 N–H and O–H groups in total. The van der Waals surface area contributed by atoms with E-state index in [1.54, 1.807) is 14.0 Å². The highest BCUT2D eigenvalue weighted by Crippen LogP contribution is 2.14. The van der Waals surface area contributed by atoms with Gasteiger partial charge in [-0.2, -0.15) is 0 Å². The van der Waals surface area contributed by atoms with E-state index in [9.17, 15) is 9.59 Å². The molecule has 0 fully saturated rings. The molecule has 5 heteroatoms. The molecule has 142 valence electrons. The zero-order chi connectivity index (χ0) is 18.6. The van der Waals surface area contributed by atoms with Gasteiger partial charge in [0.05, 0.1) is 13.2 Å². The third kappa shape index (κ3) is 11.3. The van der Waals surface area contributed by atoms with Crippen LogP contribution in [0.5, 0.6) is 0 Å². The Hall–Kier alpha value is -1.26. The van der Waals surface area contributed by atoms with Crippen molar-refractivity contribution in [3.63, 3.8) is 0 Å². The van der Waals surface area contributed by atoms with Crippen LogP contribution >= 0.6 is 0 Å². The summed E-state index contributed by atoms with van der Waals surface area (Å²) in [5, 5.41) is 0. The summed E-state index contributed by atoms with van der Waals surface area (Å²) in [5.41, 5.74) is -0.0998. The number of esters is 1. The van der Waals surface area contributed by atoms with Crippen molar-refractivity contribution in [2.24, 2.45) is 5.41 Å². The van der Waals surface area contributed by atoms with Crippen LogP contribution in [-0.4, -0.2) is 43.3 Å². The van der Waals surface area contributed by atoms with Gasteiger partial charge < -0.3 is 9.47 Å². The van der Waals surface area contributed by atoms with Gasteiger partial charge in [0.1, 0.15) is 6.04 Å². The van der Waals surface area contributed by atoms with Crippen LogP contribution in [0, 0.1) is 5.41 Å². The first-order valence-corrected chi connectivity index (χ1v) is 9.25. The summed E-state index contributed by atoms with van der Waals surface area (Å²) in [5.74, 6) is -0.379. The molecule has 0 aromatic rings. The number of nitrogens with zero attached hydrogens (tertiary/aromatic N) is 1. The quantitative estimate of drug-likeness (QED) is 0.400. The summed E-state index contributed by atoms with van der Waals surface area (Å²) in [4.78, 5) is 25.2. The number of unbranched alkanes of at least 4 members (excludes halogenated alkanes) is 6. The Kier molecular flexibility index (Phi) is 11.5. The number of carbonyl (C=O) groups excluding carboxylic acids is 2. The van der Waals surface area contributed by atoms with Crippen LogP contribution in [0.4, 0.5) is 4.79 Å². The number of likely N-dealkylation sites (N-methyl/N-ethyl adjacent to an activating group) is 1. The van der Waals surface area contributed by atoms with E-state index in [-0.39, 0.29) is 11.4 Å². The van der Waals surface area contributed by atoms with Gasteiger partial charge in [-0.05, 0) is 18.8 Å². The molecule has 0 radical (unpaired) electrons. The third-order valence-electron chi connectivity index (χ3n) is 3.83. The van der Waals surface area contributed by atoms with E-state index in [0.29, 0.717) is 13.2 Å². The fourth-order valence-electron chi connectivity index (χ4n) is 2.05. The lowest BCUT2D eigenvalue weighted by Crippen LogP contribution is -2.42. The summed E-state index contributed by atoms with van der Waals surface area (Å²) >= 11 is 0. The molecule has 0 heterocycles. The topological polar surface area (TPSA) is 55.8 Å². The van der Waals surface area contributed by atoms with Crippen LogP contribution in [0.3, 0.4) is 0 Å². The summed E-state index contributed by atoms with van der Waals surface area (Å²) in [6.07, 6.45) is 7.73. The predicted molar refractivity (Wildman–Crippen MR) is 97.0 cm³/mol. The molecule has 0 aliphatic rings. The maximum Gasteiger partial charge on any atom is 0.410 e. The Balaban J connectivity index is 3.90. The predicted octanol–water partition coefficient (Wildman–Crippen LogP) is 4.78. The average molecular weight is 344 g/mol. The van der Waals surface area contributed by atoms with Gasteiger partial charge in [-0.1, -0.05) is 66.2 Å². The fourth-order valence-corrected chi connectivity index (χ4v) is 2.05. The normalized spacial score (nSPS) is 12.6. The Morgan fingerprint density at radius 2 is 1.50 bits per heavy atom. The molecule has 0 aliphatic heterocycles. The van der Waals surface area contributed by atoms with E-state index in [0.717, 1.165) is 12.8 Å². The van der Waals surface area contributed by atoms with Crippen LogP contribution in [0.15, 0.2) is 0 Å². The monoisotopic (exact) mass is 343 g/mol. The lowest BCUT2D eigenvalue weighted by molar-refractivity contribution is -0.148. The van der Waals surface area contributed by atoms with E-state index in [1.807, 2.05) is 20.8 Å². The molecule has 24 heavy (non-hydrogen) atoms. The molecule has 0 saturated heterocycles. The van der Waals surface area contributed by atoms with Crippen LogP contribution in [0.2, 0.25) is 0 Å². The van der Waals surface area contributed by atoms with Crippen LogP contribution in [-0.2, 0) is 14.3 Å². The second-order valence-corrected chi connectivity index (χ2v) is 7.69. The standard InChI is InChI=1S/C19H37NO4/c1-7-8-9-10-11-12-13-14-23-17(21)16(2)20(6)18(22)24-15-19(3,4)5/h16H,7-15H2,1-6H3. The van der Waals surface area contributed by atoms with Crippen molar-refractivity contribution in [2.45, 2.75) is 85.6 Å². The van der Waals surface area contributed by atoms with Crippen molar-refractivity contribution in [1.82, 2.24) is 4.90 Å². The number of ether oxygens (including phenoxy) is 2. The molecule has 0 aromatic heterocycles. The van der Waals surface area contributed by atoms with E-state index in [4.69, 9.17) is 9.47 Å².